The van der Waals surface area contributed by atoms with Gasteiger partial charge in [-0.2, -0.15) is 0 Å². The minimum atomic E-state index is 0.261. The molecule has 0 aromatic heterocycles. The highest BCUT2D eigenvalue weighted by molar-refractivity contribution is 5.78. The molecule has 0 spiro atoms. The van der Waals surface area contributed by atoms with E-state index in [2.05, 4.69) is 11.8 Å². The van der Waals surface area contributed by atoms with Crippen molar-refractivity contribution in [3.05, 3.63) is 35.9 Å². The van der Waals surface area contributed by atoms with Crippen molar-refractivity contribution in [3.8, 4) is 0 Å². The highest BCUT2D eigenvalue weighted by Crippen LogP contribution is 2.07. The van der Waals surface area contributed by atoms with Crippen LogP contribution in [0.15, 0.2) is 30.3 Å². The van der Waals surface area contributed by atoms with Gasteiger partial charge in [-0.05, 0) is 18.5 Å². The smallest absolute Gasteiger partial charge is 0.227 e. The Labute approximate surface area is 109 Å². The Morgan fingerprint density at radius 3 is 2.39 bits per heavy atom. The van der Waals surface area contributed by atoms with Crippen molar-refractivity contribution in [2.45, 2.75) is 19.8 Å². The third-order valence-corrected chi connectivity index (χ3v) is 3.46. The highest BCUT2D eigenvalue weighted by atomic mass is 16.2. The molecule has 0 bridgehead atoms. The summed E-state index contributed by atoms with van der Waals surface area (Å²) in [7, 11) is 0. The third-order valence-electron chi connectivity index (χ3n) is 3.46. The predicted octanol–water partition coefficient (Wildman–Crippen LogP) is 1.78. The van der Waals surface area contributed by atoms with Gasteiger partial charge >= 0.3 is 0 Å². The Balaban J connectivity index is 1.81. The zero-order chi connectivity index (χ0) is 12.8. The van der Waals surface area contributed by atoms with Crippen molar-refractivity contribution in [2.24, 2.45) is 0 Å². The lowest BCUT2D eigenvalue weighted by Crippen LogP contribution is -2.49. The van der Waals surface area contributed by atoms with Crippen LogP contribution in [0.25, 0.3) is 0 Å². The van der Waals surface area contributed by atoms with E-state index in [1.807, 2.05) is 35.2 Å². The molecule has 1 fully saturated rings. The second kappa shape index (κ2) is 6.55. The standard InChI is InChI=1S/C15H22N2O/c1-2-8-16-9-11-17(12-10-16)15(18)13-14-6-4-3-5-7-14/h3-7H,2,8-13H2,1H3. The summed E-state index contributed by atoms with van der Waals surface area (Å²) in [6.07, 6.45) is 1.73. The van der Waals surface area contributed by atoms with Crippen molar-refractivity contribution in [1.82, 2.24) is 9.80 Å². The van der Waals surface area contributed by atoms with Gasteiger partial charge in [0.25, 0.3) is 0 Å². The van der Waals surface area contributed by atoms with Crippen LogP contribution in [0.5, 0.6) is 0 Å². The van der Waals surface area contributed by atoms with Crippen molar-refractivity contribution >= 4 is 5.91 Å². The van der Waals surface area contributed by atoms with Gasteiger partial charge in [-0.25, -0.2) is 0 Å². The number of carbonyl (C=O) groups excluding carboxylic acids is 1. The van der Waals surface area contributed by atoms with E-state index in [1.54, 1.807) is 0 Å². The maximum absolute atomic E-state index is 12.1. The minimum Gasteiger partial charge on any atom is -0.340 e. The molecule has 1 aromatic rings. The summed E-state index contributed by atoms with van der Waals surface area (Å²) in [5.74, 6) is 0.261. The number of piperazine rings is 1. The van der Waals surface area contributed by atoms with Gasteiger partial charge in [0.05, 0.1) is 6.42 Å². The zero-order valence-corrected chi connectivity index (χ0v) is 11.1. The number of nitrogens with zero attached hydrogens (tertiary/aromatic N) is 2. The van der Waals surface area contributed by atoms with Crippen molar-refractivity contribution < 1.29 is 4.79 Å². The molecule has 0 saturated carbocycles. The van der Waals surface area contributed by atoms with Gasteiger partial charge in [0.1, 0.15) is 0 Å². The maximum Gasteiger partial charge on any atom is 0.227 e. The molecule has 1 heterocycles. The third kappa shape index (κ3) is 3.57. The second-order valence-corrected chi connectivity index (χ2v) is 4.88. The van der Waals surface area contributed by atoms with E-state index in [4.69, 9.17) is 0 Å². The highest BCUT2D eigenvalue weighted by Gasteiger charge is 2.20. The summed E-state index contributed by atoms with van der Waals surface area (Å²) in [5.41, 5.74) is 1.11. The Morgan fingerprint density at radius 1 is 1.11 bits per heavy atom. The Hall–Kier alpha value is -1.35. The molecule has 18 heavy (non-hydrogen) atoms. The second-order valence-electron chi connectivity index (χ2n) is 4.88. The van der Waals surface area contributed by atoms with E-state index < -0.39 is 0 Å². The fraction of sp³-hybridized carbons (Fsp3) is 0.533. The molecule has 1 aliphatic rings. The predicted molar refractivity (Wildman–Crippen MR) is 73.5 cm³/mol. The van der Waals surface area contributed by atoms with E-state index in [-0.39, 0.29) is 5.91 Å². The lowest BCUT2D eigenvalue weighted by molar-refractivity contribution is -0.132. The van der Waals surface area contributed by atoms with Gasteiger partial charge in [0.2, 0.25) is 5.91 Å². The maximum atomic E-state index is 12.1. The lowest BCUT2D eigenvalue weighted by atomic mass is 10.1. The fourth-order valence-corrected chi connectivity index (χ4v) is 2.42. The van der Waals surface area contributed by atoms with Gasteiger partial charge in [0.15, 0.2) is 0 Å². The molecule has 2 rings (SSSR count). The van der Waals surface area contributed by atoms with Crippen LogP contribution in [0.3, 0.4) is 0 Å². The molecule has 1 aliphatic heterocycles. The summed E-state index contributed by atoms with van der Waals surface area (Å²) in [6, 6.07) is 10.00. The molecule has 0 radical (unpaired) electrons. The van der Waals surface area contributed by atoms with Gasteiger partial charge in [-0.1, -0.05) is 37.3 Å². The number of amides is 1. The minimum absolute atomic E-state index is 0.261. The zero-order valence-electron chi connectivity index (χ0n) is 11.1. The van der Waals surface area contributed by atoms with Crippen LogP contribution >= 0.6 is 0 Å². The molecule has 3 nitrogen and oxygen atoms in total. The number of benzene rings is 1. The Morgan fingerprint density at radius 2 is 1.78 bits per heavy atom. The largest absolute Gasteiger partial charge is 0.340 e. The fourth-order valence-electron chi connectivity index (χ4n) is 2.42. The van der Waals surface area contributed by atoms with Gasteiger partial charge < -0.3 is 4.90 Å². The van der Waals surface area contributed by atoms with E-state index >= 15 is 0 Å². The van der Waals surface area contributed by atoms with Crippen molar-refractivity contribution in [2.75, 3.05) is 32.7 Å². The number of rotatable bonds is 4. The molecule has 3 heteroatoms. The number of hydrogen-bond donors (Lipinski definition) is 0. The summed E-state index contributed by atoms with van der Waals surface area (Å²) in [4.78, 5) is 16.6. The first-order chi connectivity index (χ1) is 8.79. The van der Waals surface area contributed by atoms with Crippen LogP contribution < -0.4 is 0 Å². The average Bonchev–Trinajstić information content (AvgIpc) is 2.41. The van der Waals surface area contributed by atoms with Crippen molar-refractivity contribution in [3.63, 3.8) is 0 Å². The summed E-state index contributed by atoms with van der Waals surface area (Å²) in [5, 5.41) is 0. The van der Waals surface area contributed by atoms with E-state index in [0.717, 1.165) is 38.3 Å². The molecule has 1 amide bonds. The van der Waals surface area contributed by atoms with Gasteiger partial charge in [-0.15, -0.1) is 0 Å². The molecule has 0 unspecified atom stereocenters. The molecule has 0 N–H and O–H groups in total. The van der Waals surface area contributed by atoms with E-state index in [9.17, 15) is 4.79 Å². The number of carbonyl (C=O) groups is 1. The quantitative estimate of drug-likeness (QED) is 0.808. The topological polar surface area (TPSA) is 23.6 Å². The monoisotopic (exact) mass is 246 g/mol. The Bertz CT molecular complexity index is 369. The van der Waals surface area contributed by atoms with Crippen LogP contribution in [0.2, 0.25) is 0 Å². The van der Waals surface area contributed by atoms with E-state index in [1.165, 1.54) is 6.42 Å². The van der Waals surface area contributed by atoms with Gasteiger partial charge in [-0.3, -0.25) is 9.69 Å². The van der Waals surface area contributed by atoms with Crippen LogP contribution in [-0.2, 0) is 11.2 Å². The molecular formula is C15H22N2O. The SMILES string of the molecule is CCCN1CCN(C(=O)Cc2ccccc2)CC1. The number of hydrogen-bond acceptors (Lipinski definition) is 2. The summed E-state index contributed by atoms with van der Waals surface area (Å²) in [6.45, 7) is 7.16. The average molecular weight is 246 g/mol. The first-order valence-electron chi connectivity index (χ1n) is 6.83. The van der Waals surface area contributed by atoms with Crippen molar-refractivity contribution in [1.29, 1.82) is 0 Å². The van der Waals surface area contributed by atoms with E-state index in [0.29, 0.717) is 6.42 Å². The normalized spacial score (nSPS) is 16.8. The summed E-state index contributed by atoms with van der Waals surface area (Å²) < 4.78 is 0. The molecule has 98 valence electrons. The van der Waals surface area contributed by atoms with Crippen LogP contribution in [0.4, 0.5) is 0 Å². The Kier molecular flexibility index (Phi) is 4.76. The lowest BCUT2D eigenvalue weighted by Gasteiger charge is -2.34. The molecule has 1 aromatic carbocycles. The van der Waals surface area contributed by atoms with Crippen LogP contribution in [0.1, 0.15) is 18.9 Å². The van der Waals surface area contributed by atoms with Crippen LogP contribution in [0, 0.1) is 0 Å². The van der Waals surface area contributed by atoms with Crippen LogP contribution in [-0.4, -0.2) is 48.4 Å². The van der Waals surface area contributed by atoms with Gasteiger partial charge in [0, 0.05) is 26.2 Å². The molecule has 0 atom stereocenters. The molecule has 0 aliphatic carbocycles. The first kappa shape index (κ1) is 13.1. The first-order valence-corrected chi connectivity index (χ1v) is 6.83. The summed E-state index contributed by atoms with van der Waals surface area (Å²) >= 11 is 0. The molecular weight excluding hydrogens is 224 g/mol. The molecule has 1 saturated heterocycles.